The number of carbonyl (C=O) groups is 2. The van der Waals surface area contributed by atoms with Gasteiger partial charge in [-0.15, -0.1) is 0 Å². The van der Waals surface area contributed by atoms with Crippen molar-refractivity contribution < 1.29 is 19.1 Å². The maximum atomic E-state index is 13.8. The van der Waals surface area contributed by atoms with E-state index in [4.69, 9.17) is 26.1 Å². The highest BCUT2D eigenvalue weighted by Gasteiger charge is 2.45. The summed E-state index contributed by atoms with van der Waals surface area (Å²) in [4.78, 5) is 32.1. The molecule has 0 bridgehead atoms. The van der Waals surface area contributed by atoms with Gasteiger partial charge in [-0.25, -0.2) is 0 Å². The number of Topliss-reactive ketones (excluding diaryl/α,β-unsaturated/α-hetero) is 1. The van der Waals surface area contributed by atoms with Crippen LogP contribution in [-0.2, 0) is 20.7 Å². The van der Waals surface area contributed by atoms with Crippen molar-refractivity contribution in [3.8, 4) is 5.75 Å². The van der Waals surface area contributed by atoms with Crippen molar-refractivity contribution in [1.82, 2.24) is 0 Å². The third-order valence-electron chi connectivity index (χ3n) is 7.45. The molecule has 2 aliphatic rings. The minimum Gasteiger partial charge on any atom is -0.497 e. The lowest BCUT2D eigenvalue weighted by atomic mass is 9.69. The van der Waals surface area contributed by atoms with E-state index in [0.29, 0.717) is 35.6 Å². The van der Waals surface area contributed by atoms with Gasteiger partial charge >= 0.3 is 5.97 Å². The molecule has 194 valence electrons. The first kappa shape index (κ1) is 25.9. The van der Waals surface area contributed by atoms with E-state index in [1.807, 2.05) is 79.7 Å². The summed E-state index contributed by atoms with van der Waals surface area (Å²) in [5, 5.41) is 0.520. The molecule has 5 nitrogen and oxygen atoms in total. The van der Waals surface area contributed by atoms with Gasteiger partial charge in [0.25, 0.3) is 0 Å². The molecule has 1 unspecified atom stereocenters. The molecule has 1 heterocycles. The monoisotopic (exact) mass is 527 g/mol. The van der Waals surface area contributed by atoms with Gasteiger partial charge < -0.3 is 9.47 Å². The summed E-state index contributed by atoms with van der Waals surface area (Å²) in [6.45, 7) is 2.10. The number of nitrogens with zero attached hydrogens (tertiary/aromatic N) is 1. The topological polar surface area (TPSA) is 65.0 Å². The van der Waals surface area contributed by atoms with E-state index < -0.39 is 11.8 Å². The van der Waals surface area contributed by atoms with Crippen molar-refractivity contribution in [3.05, 3.63) is 112 Å². The molecule has 1 aliphatic heterocycles. The first-order chi connectivity index (χ1) is 18.5. The fourth-order valence-electron chi connectivity index (χ4n) is 5.54. The zero-order chi connectivity index (χ0) is 26.6. The van der Waals surface area contributed by atoms with Crippen molar-refractivity contribution in [2.45, 2.75) is 38.0 Å². The number of ether oxygens (including phenoxy) is 2. The minimum atomic E-state index is -0.717. The van der Waals surface area contributed by atoms with Gasteiger partial charge in [0.05, 0.1) is 13.7 Å². The Bertz CT molecular complexity index is 1390. The van der Waals surface area contributed by atoms with E-state index in [9.17, 15) is 9.59 Å². The Morgan fingerprint density at radius 1 is 0.974 bits per heavy atom. The number of hydrogen-bond donors (Lipinski definition) is 0. The van der Waals surface area contributed by atoms with Gasteiger partial charge in [-0.05, 0) is 54.2 Å². The van der Waals surface area contributed by atoms with Crippen LogP contribution in [0.4, 0.5) is 0 Å². The molecule has 3 atom stereocenters. The summed E-state index contributed by atoms with van der Waals surface area (Å²) in [6, 6.07) is 25.1. The summed E-state index contributed by atoms with van der Waals surface area (Å²) in [7, 11) is 1.63. The van der Waals surface area contributed by atoms with Gasteiger partial charge in [0.15, 0.2) is 5.78 Å². The molecule has 0 amide bonds. The lowest BCUT2D eigenvalue weighted by molar-refractivity contribution is -0.146. The van der Waals surface area contributed by atoms with Crippen molar-refractivity contribution >= 4 is 29.1 Å². The fourth-order valence-corrected chi connectivity index (χ4v) is 5.80. The van der Waals surface area contributed by atoms with Crippen molar-refractivity contribution in [2.24, 2.45) is 10.9 Å². The molecule has 0 saturated heterocycles. The smallest absolute Gasteiger partial charge is 0.315 e. The molecular weight excluding hydrogens is 498 g/mol. The lowest BCUT2D eigenvalue weighted by Gasteiger charge is -2.36. The SMILES string of the molecule is COc1ccc([C@@H]2CC(=O)C3=C(C2)N=C(C)C(C(=O)OCCc2ccccc2)[C@@H]3c2ccccc2Cl)cc1. The second-order valence-electron chi connectivity index (χ2n) is 9.80. The van der Waals surface area contributed by atoms with Crippen molar-refractivity contribution in [2.75, 3.05) is 13.7 Å². The Kier molecular flexibility index (Phi) is 7.75. The first-order valence-electron chi connectivity index (χ1n) is 12.9. The highest BCUT2D eigenvalue weighted by atomic mass is 35.5. The maximum absolute atomic E-state index is 13.8. The van der Waals surface area contributed by atoms with E-state index in [0.717, 1.165) is 28.1 Å². The molecule has 0 radical (unpaired) electrons. The second-order valence-corrected chi connectivity index (χ2v) is 10.2. The Balaban J connectivity index is 1.46. The molecule has 0 saturated carbocycles. The number of aliphatic imine (C=N–C) groups is 1. The Labute approximate surface area is 228 Å². The summed E-state index contributed by atoms with van der Waals surface area (Å²) in [5.74, 6) is -0.866. The molecular formula is C32H30ClNO4. The summed E-state index contributed by atoms with van der Waals surface area (Å²) >= 11 is 6.65. The van der Waals surface area contributed by atoms with Crippen LogP contribution in [0.1, 0.15) is 48.3 Å². The Morgan fingerprint density at radius 3 is 2.39 bits per heavy atom. The second kappa shape index (κ2) is 11.4. The quantitative estimate of drug-likeness (QED) is 0.320. The van der Waals surface area contributed by atoms with Crippen LogP contribution in [0.5, 0.6) is 5.75 Å². The summed E-state index contributed by atoms with van der Waals surface area (Å²) in [6.07, 6.45) is 1.57. The van der Waals surface area contributed by atoms with Gasteiger partial charge in [0, 0.05) is 40.8 Å². The van der Waals surface area contributed by atoms with E-state index in [-0.39, 0.29) is 24.3 Å². The van der Waals surface area contributed by atoms with Crippen LogP contribution in [0.3, 0.4) is 0 Å². The molecule has 1 aliphatic carbocycles. The number of rotatable bonds is 7. The number of carbonyl (C=O) groups excluding carboxylic acids is 2. The molecule has 38 heavy (non-hydrogen) atoms. The summed E-state index contributed by atoms with van der Waals surface area (Å²) in [5.41, 5.74) is 4.86. The van der Waals surface area contributed by atoms with E-state index in [2.05, 4.69) is 0 Å². The number of halogens is 1. The summed E-state index contributed by atoms with van der Waals surface area (Å²) < 4.78 is 11.1. The van der Waals surface area contributed by atoms with Gasteiger partial charge in [-0.1, -0.05) is 72.3 Å². The first-order valence-corrected chi connectivity index (χ1v) is 13.2. The predicted octanol–water partition coefficient (Wildman–Crippen LogP) is 6.71. The molecule has 0 N–H and O–H groups in total. The van der Waals surface area contributed by atoms with E-state index in [1.54, 1.807) is 13.2 Å². The van der Waals surface area contributed by atoms with Crippen molar-refractivity contribution in [3.63, 3.8) is 0 Å². The number of allylic oxidation sites excluding steroid dienone is 2. The highest BCUT2D eigenvalue weighted by molar-refractivity contribution is 6.31. The Hall–Kier alpha value is -3.70. The standard InChI is InChI=1S/C32H30ClNO4/c1-20-29(32(36)38-17-16-21-8-4-3-5-9-21)30(25-10-6-7-11-26(25)33)31-27(34-20)18-23(19-28(31)35)22-12-14-24(37-2)15-13-22/h3-15,23,29-30H,16-19H2,1-2H3/t23-,29?,30-/m0/s1. The van der Waals surface area contributed by atoms with Crippen LogP contribution < -0.4 is 4.74 Å². The number of methoxy groups -OCH3 is 1. The van der Waals surface area contributed by atoms with Gasteiger partial charge in [0.2, 0.25) is 0 Å². The molecule has 3 aromatic carbocycles. The lowest BCUT2D eigenvalue weighted by Crippen LogP contribution is -2.38. The van der Waals surface area contributed by atoms with E-state index in [1.165, 1.54) is 0 Å². The van der Waals surface area contributed by atoms with E-state index >= 15 is 0 Å². The Morgan fingerprint density at radius 2 is 1.68 bits per heavy atom. The van der Waals surface area contributed by atoms with Crippen LogP contribution in [-0.4, -0.2) is 31.2 Å². The van der Waals surface area contributed by atoms with Gasteiger partial charge in [-0.2, -0.15) is 0 Å². The molecule has 0 aromatic heterocycles. The maximum Gasteiger partial charge on any atom is 0.315 e. The molecule has 0 fully saturated rings. The average Bonchev–Trinajstić information content (AvgIpc) is 2.93. The zero-order valence-corrected chi connectivity index (χ0v) is 22.3. The third kappa shape index (κ3) is 5.30. The minimum absolute atomic E-state index is 0.00433. The fraction of sp³-hybridized carbons (Fsp3) is 0.281. The highest BCUT2D eigenvalue weighted by Crippen LogP contribution is 2.48. The van der Waals surface area contributed by atoms with Crippen LogP contribution in [0.25, 0.3) is 0 Å². The average molecular weight is 528 g/mol. The zero-order valence-electron chi connectivity index (χ0n) is 21.5. The van der Waals surface area contributed by atoms with Gasteiger partial charge in [0.1, 0.15) is 11.7 Å². The molecule has 3 aromatic rings. The van der Waals surface area contributed by atoms with Crippen LogP contribution in [0.2, 0.25) is 5.02 Å². The van der Waals surface area contributed by atoms with Crippen molar-refractivity contribution in [1.29, 1.82) is 0 Å². The number of benzene rings is 3. The van der Waals surface area contributed by atoms with Crippen LogP contribution in [0, 0.1) is 5.92 Å². The number of ketones is 1. The van der Waals surface area contributed by atoms with Crippen LogP contribution in [0.15, 0.2) is 95.1 Å². The molecule has 6 heteroatoms. The third-order valence-corrected chi connectivity index (χ3v) is 7.79. The van der Waals surface area contributed by atoms with Gasteiger partial charge in [-0.3, -0.25) is 14.6 Å². The number of esters is 1. The normalized spacial score (nSPS) is 21.0. The molecule has 5 rings (SSSR count). The molecule has 0 spiro atoms. The van der Waals surface area contributed by atoms with Crippen LogP contribution >= 0.6 is 11.6 Å². The predicted molar refractivity (Wildman–Crippen MR) is 149 cm³/mol. The number of hydrogen-bond acceptors (Lipinski definition) is 5. The largest absolute Gasteiger partial charge is 0.497 e.